The number of nitrogens with one attached hydrogen (secondary N) is 6. The van der Waals surface area contributed by atoms with Crippen molar-refractivity contribution < 1.29 is 57.2 Å². The van der Waals surface area contributed by atoms with Crippen LogP contribution in [0.15, 0.2) is 0 Å². The summed E-state index contributed by atoms with van der Waals surface area (Å²) < 4.78 is 33.6. The highest BCUT2D eigenvalue weighted by molar-refractivity contribution is 5.85. The Morgan fingerprint density at radius 1 is 0.385 bits per heavy atom. The molecule has 0 radical (unpaired) electrons. The fourth-order valence-corrected chi connectivity index (χ4v) is 6.70. The van der Waals surface area contributed by atoms with Gasteiger partial charge in [-0.1, -0.05) is 27.7 Å². The zero-order chi connectivity index (χ0) is 49.3. The van der Waals surface area contributed by atoms with E-state index in [0.29, 0.717) is 52.6 Å². The van der Waals surface area contributed by atoms with Crippen molar-refractivity contribution in [3.63, 3.8) is 0 Å². The molecule has 0 aliphatic rings. The van der Waals surface area contributed by atoms with Crippen molar-refractivity contribution in [3.05, 3.63) is 0 Å². The van der Waals surface area contributed by atoms with E-state index < -0.39 is 29.7 Å². The monoisotopic (exact) mass is 933 g/mol. The summed E-state index contributed by atoms with van der Waals surface area (Å²) in [6.07, 6.45) is 0.805. The van der Waals surface area contributed by atoms with Crippen LogP contribution in [0.5, 0.6) is 0 Å². The fraction of sp³-hybridized carbons (Fsp3) is 0.867. The van der Waals surface area contributed by atoms with E-state index in [2.05, 4.69) is 31.9 Å². The van der Waals surface area contributed by atoms with Crippen molar-refractivity contribution in [1.29, 1.82) is 0 Å². The Kier molecular flexibility index (Phi) is 34.6. The third-order valence-corrected chi connectivity index (χ3v) is 10.3. The fourth-order valence-electron chi connectivity index (χ4n) is 6.70. The molecule has 0 saturated heterocycles. The zero-order valence-electron chi connectivity index (χ0n) is 41.4. The van der Waals surface area contributed by atoms with Gasteiger partial charge in [0.2, 0.25) is 35.4 Å². The summed E-state index contributed by atoms with van der Waals surface area (Å²) >= 11 is 0. The predicted molar refractivity (Wildman–Crippen MR) is 248 cm³/mol. The molecule has 0 aromatic heterocycles. The minimum absolute atomic E-state index is 0.0757. The molecule has 380 valence electrons. The molecule has 0 bridgehead atoms. The summed E-state index contributed by atoms with van der Waals surface area (Å²) in [7, 11) is 3.10. The Bertz CT molecular complexity index is 1350. The highest BCUT2D eigenvalue weighted by atomic mass is 16.5. The molecule has 0 saturated carbocycles. The molecule has 0 aliphatic heterocycles. The molecule has 6 amide bonds. The topological polar surface area (TPSA) is 282 Å². The Hall–Kier alpha value is -3.50. The van der Waals surface area contributed by atoms with Crippen LogP contribution < -0.4 is 43.4 Å². The summed E-state index contributed by atoms with van der Waals surface area (Å²) in [5.41, 5.74) is 11.4. The maximum absolute atomic E-state index is 14.0. The predicted octanol–water partition coefficient (Wildman–Crippen LogP) is 0.240. The van der Waals surface area contributed by atoms with Gasteiger partial charge in [0.15, 0.2) is 0 Å². The molecule has 0 spiro atoms. The number of hydrogen-bond acceptors (Lipinski definition) is 14. The highest BCUT2D eigenvalue weighted by Gasteiger charge is 2.33. The molecule has 10 N–H and O–H groups in total. The van der Waals surface area contributed by atoms with Crippen LogP contribution in [0.3, 0.4) is 0 Å². The number of nitrogens with two attached hydrogens (primary N) is 2. The lowest BCUT2D eigenvalue weighted by atomic mass is 9.82. The summed E-state index contributed by atoms with van der Waals surface area (Å²) in [4.78, 5) is 78.2. The molecule has 20 heteroatoms. The third-order valence-electron chi connectivity index (χ3n) is 10.3. The first kappa shape index (κ1) is 61.5. The van der Waals surface area contributed by atoms with Crippen LogP contribution in [-0.4, -0.2) is 166 Å². The van der Waals surface area contributed by atoms with Crippen molar-refractivity contribution in [2.45, 2.75) is 118 Å². The van der Waals surface area contributed by atoms with Gasteiger partial charge in [-0.25, -0.2) is 0 Å². The van der Waals surface area contributed by atoms with Gasteiger partial charge in [-0.15, -0.1) is 0 Å². The highest BCUT2D eigenvalue weighted by Crippen LogP contribution is 2.27. The first-order chi connectivity index (χ1) is 30.7. The molecule has 11 unspecified atom stereocenters. The molecule has 65 heavy (non-hydrogen) atoms. The summed E-state index contributed by atoms with van der Waals surface area (Å²) in [6.45, 7) is 20.1. The van der Waals surface area contributed by atoms with E-state index in [9.17, 15) is 28.8 Å². The van der Waals surface area contributed by atoms with Crippen LogP contribution >= 0.6 is 0 Å². The Labute approximate surface area is 388 Å². The number of ether oxygens (including phenoxy) is 6. The smallest absolute Gasteiger partial charge is 0.223 e. The van der Waals surface area contributed by atoms with Gasteiger partial charge in [0, 0.05) is 86.4 Å². The van der Waals surface area contributed by atoms with Crippen molar-refractivity contribution >= 4 is 35.4 Å². The molecule has 0 aliphatic carbocycles. The van der Waals surface area contributed by atoms with Crippen LogP contribution in [-0.2, 0) is 57.2 Å². The SMILES string of the molecule is CNC(=O)C(C)CC(C)C(=O)NCCOCCOCC(C)NC(=O)C(C)CC(CC(CC(C)C(=O)NC)C(=O)NC(C)COCCOCC(C)N)C(=O)NC(C)COCCOCC(C)N. The van der Waals surface area contributed by atoms with E-state index in [1.807, 2.05) is 20.8 Å². The van der Waals surface area contributed by atoms with Crippen LogP contribution in [0, 0.1) is 35.5 Å². The van der Waals surface area contributed by atoms with Crippen molar-refractivity contribution in [1.82, 2.24) is 31.9 Å². The van der Waals surface area contributed by atoms with Crippen LogP contribution in [0.25, 0.3) is 0 Å². The zero-order valence-corrected chi connectivity index (χ0v) is 41.4. The van der Waals surface area contributed by atoms with E-state index in [1.165, 1.54) is 7.05 Å². The summed E-state index contributed by atoms with van der Waals surface area (Å²) in [6, 6.07) is -1.33. The second-order valence-corrected chi connectivity index (χ2v) is 17.6. The second kappa shape index (κ2) is 36.6. The van der Waals surface area contributed by atoms with Gasteiger partial charge >= 0.3 is 0 Å². The van der Waals surface area contributed by atoms with Gasteiger partial charge in [0.1, 0.15) is 0 Å². The largest absolute Gasteiger partial charge is 0.377 e. The first-order valence-corrected chi connectivity index (χ1v) is 23.3. The molecular formula is C45H88N8O12. The summed E-state index contributed by atoms with van der Waals surface area (Å²) in [5.74, 6) is -4.75. The molecule has 0 rings (SSSR count). The standard InChI is InChI=1S/C45H88N8O12/c1-29(40(54)48-10)20-30(2)42(56)50-12-13-60-14-15-63-26-35(7)51-43(57)32(4)22-39(45(59)53-37(9)28-65-19-17-62-25-34(6)47)23-38(21-31(3)41(55)49-11)44(58)52-36(8)27-64-18-16-61-24-33(5)46/h29-39H,12-28,46-47H2,1-11H3,(H,48,54)(H,49,55)(H,50,56)(H,51,57)(H,52,58)(H,53,59). The second-order valence-electron chi connectivity index (χ2n) is 17.6. The molecule has 11 atom stereocenters. The van der Waals surface area contributed by atoms with Crippen LogP contribution in [0.1, 0.15) is 88.0 Å². The minimum Gasteiger partial charge on any atom is -0.377 e. The maximum Gasteiger partial charge on any atom is 0.223 e. The van der Waals surface area contributed by atoms with Crippen molar-refractivity contribution in [3.8, 4) is 0 Å². The van der Waals surface area contributed by atoms with E-state index in [0.717, 1.165) is 0 Å². The van der Waals surface area contributed by atoms with Gasteiger partial charge in [-0.05, 0) is 60.3 Å². The molecule has 20 nitrogen and oxygen atoms in total. The Morgan fingerprint density at radius 2 is 0.708 bits per heavy atom. The number of carbonyl (C=O) groups excluding carboxylic acids is 6. The average Bonchev–Trinajstić information content (AvgIpc) is 3.24. The lowest BCUT2D eigenvalue weighted by Gasteiger charge is -2.28. The van der Waals surface area contributed by atoms with Crippen LogP contribution in [0.4, 0.5) is 0 Å². The quantitative estimate of drug-likeness (QED) is 0.0384. The van der Waals surface area contributed by atoms with Gasteiger partial charge in [0.25, 0.3) is 0 Å². The number of rotatable bonds is 39. The number of hydrogen-bond donors (Lipinski definition) is 8. The normalized spacial score (nSPS) is 16.6. The maximum atomic E-state index is 14.0. The van der Waals surface area contributed by atoms with Crippen molar-refractivity contribution in [2.75, 3.05) is 99.9 Å². The molecule has 0 heterocycles. The van der Waals surface area contributed by atoms with Gasteiger partial charge in [0.05, 0.1) is 79.3 Å². The van der Waals surface area contributed by atoms with Crippen LogP contribution in [0.2, 0.25) is 0 Å². The van der Waals surface area contributed by atoms with E-state index in [4.69, 9.17) is 39.9 Å². The molecule has 0 fully saturated rings. The molecular weight excluding hydrogens is 845 g/mol. The lowest BCUT2D eigenvalue weighted by Crippen LogP contribution is -2.45. The first-order valence-electron chi connectivity index (χ1n) is 23.3. The summed E-state index contributed by atoms with van der Waals surface area (Å²) in [5, 5.41) is 17.0. The lowest BCUT2D eigenvalue weighted by molar-refractivity contribution is -0.132. The average molecular weight is 933 g/mol. The Morgan fingerprint density at radius 3 is 1.09 bits per heavy atom. The van der Waals surface area contributed by atoms with E-state index in [1.54, 1.807) is 48.6 Å². The number of carbonyl (C=O) groups is 6. The van der Waals surface area contributed by atoms with Gasteiger partial charge in [-0.2, -0.15) is 0 Å². The van der Waals surface area contributed by atoms with Gasteiger partial charge < -0.3 is 71.8 Å². The third kappa shape index (κ3) is 31.2. The minimum atomic E-state index is -0.781. The van der Waals surface area contributed by atoms with Gasteiger partial charge in [-0.3, -0.25) is 28.8 Å². The molecule has 0 aromatic carbocycles. The molecule has 0 aromatic rings. The Balaban J connectivity index is 5.54. The van der Waals surface area contributed by atoms with E-state index >= 15 is 0 Å². The van der Waals surface area contributed by atoms with E-state index in [-0.39, 0.29) is 130 Å². The number of amides is 6. The van der Waals surface area contributed by atoms with Crippen molar-refractivity contribution in [2.24, 2.45) is 47.0 Å².